The summed E-state index contributed by atoms with van der Waals surface area (Å²) >= 11 is 0. The van der Waals surface area contributed by atoms with Crippen molar-refractivity contribution in [3.63, 3.8) is 0 Å². The number of aromatic nitrogens is 1. The monoisotopic (exact) mass is 243 g/mol. The molecule has 0 radical (unpaired) electrons. The van der Waals surface area contributed by atoms with E-state index in [-0.39, 0.29) is 0 Å². The molecule has 2 aromatic rings. The minimum Gasteiger partial charge on any atom is -0.497 e. The third kappa shape index (κ3) is 1.96. The maximum Gasteiger partial charge on any atom is 0.126 e. The van der Waals surface area contributed by atoms with Gasteiger partial charge in [-0.3, -0.25) is 0 Å². The van der Waals surface area contributed by atoms with Gasteiger partial charge in [-0.25, -0.2) is 0 Å². The van der Waals surface area contributed by atoms with Crippen LogP contribution in [-0.2, 0) is 12.8 Å². The van der Waals surface area contributed by atoms with Gasteiger partial charge in [0.1, 0.15) is 11.5 Å². The van der Waals surface area contributed by atoms with Gasteiger partial charge in [0.15, 0.2) is 0 Å². The Hall–Kier alpha value is -1.90. The Morgan fingerprint density at radius 3 is 2.94 bits per heavy atom. The number of fused-ring (bicyclic) bond motifs is 1. The molecule has 0 unspecified atom stereocenters. The first kappa shape index (κ1) is 11.2. The smallest absolute Gasteiger partial charge is 0.126 e. The van der Waals surface area contributed by atoms with Gasteiger partial charge in [0.05, 0.1) is 13.7 Å². The van der Waals surface area contributed by atoms with Gasteiger partial charge in [-0.05, 0) is 31.2 Å². The fraction of sp³-hybridized carbons (Fsp3) is 0.333. The first-order valence-corrected chi connectivity index (χ1v) is 6.23. The number of nitrogens with one attached hydrogen (secondary N) is 1. The van der Waals surface area contributed by atoms with Gasteiger partial charge in [0.25, 0.3) is 0 Å². The summed E-state index contributed by atoms with van der Waals surface area (Å²) in [7, 11) is 1.71. The largest absolute Gasteiger partial charge is 0.497 e. The second-order valence-corrected chi connectivity index (χ2v) is 4.72. The topological polar surface area (TPSA) is 34.2 Å². The van der Waals surface area contributed by atoms with Crippen LogP contribution in [0.15, 0.2) is 24.3 Å². The molecule has 1 aliphatic heterocycles. The zero-order chi connectivity index (χ0) is 12.5. The van der Waals surface area contributed by atoms with Crippen molar-refractivity contribution in [3.05, 3.63) is 46.8 Å². The van der Waals surface area contributed by atoms with Gasteiger partial charge in [0, 0.05) is 35.4 Å². The molecule has 0 fully saturated rings. The molecule has 3 heteroatoms. The van der Waals surface area contributed by atoms with E-state index in [9.17, 15) is 0 Å². The average Bonchev–Trinajstić information content (AvgIpc) is 2.98. The van der Waals surface area contributed by atoms with Gasteiger partial charge in [-0.1, -0.05) is 0 Å². The van der Waals surface area contributed by atoms with Crippen molar-refractivity contribution in [2.45, 2.75) is 19.8 Å². The molecule has 0 aliphatic carbocycles. The molecule has 1 aromatic carbocycles. The number of hydrogen-bond donors (Lipinski definition) is 1. The number of hydrogen-bond acceptors (Lipinski definition) is 2. The Labute approximate surface area is 107 Å². The lowest BCUT2D eigenvalue weighted by Crippen LogP contribution is -1.95. The summed E-state index contributed by atoms with van der Waals surface area (Å²) in [4.78, 5) is 3.36. The Kier molecular flexibility index (Phi) is 2.74. The molecular weight excluding hydrogens is 226 g/mol. The van der Waals surface area contributed by atoms with Gasteiger partial charge in [-0.2, -0.15) is 0 Å². The predicted molar refractivity (Wildman–Crippen MR) is 70.5 cm³/mol. The fourth-order valence-corrected chi connectivity index (χ4v) is 2.48. The van der Waals surface area contributed by atoms with Crippen LogP contribution in [0.3, 0.4) is 0 Å². The number of ether oxygens (including phenoxy) is 2. The summed E-state index contributed by atoms with van der Waals surface area (Å²) in [5, 5.41) is 0. The maximum absolute atomic E-state index is 5.74. The Balaban J connectivity index is 1.98. The second-order valence-electron chi connectivity index (χ2n) is 4.72. The number of aromatic amines is 1. The van der Waals surface area contributed by atoms with E-state index >= 15 is 0 Å². The summed E-state index contributed by atoms with van der Waals surface area (Å²) in [6.45, 7) is 2.84. The SMILES string of the molecule is COc1cc2c(c(Cc3ccc(C)[nH]3)c1)OCC2. The lowest BCUT2D eigenvalue weighted by molar-refractivity contribution is 0.353. The number of H-pyrrole nitrogens is 1. The molecule has 94 valence electrons. The summed E-state index contributed by atoms with van der Waals surface area (Å²) < 4.78 is 11.1. The van der Waals surface area contributed by atoms with E-state index in [0.29, 0.717) is 0 Å². The number of methoxy groups -OCH3 is 1. The lowest BCUT2D eigenvalue weighted by atomic mass is 10.0. The first-order valence-electron chi connectivity index (χ1n) is 6.23. The average molecular weight is 243 g/mol. The zero-order valence-corrected chi connectivity index (χ0v) is 10.7. The lowest BCUT2D eigenvalue weighted by Gasteiger charge is -2.10. The first-order chi connectivity index (χ1) is 8.76. The molecule has 0 bridgehead atoms. The summed E-state index contributed by atoms with van der Waals surface area (Å²) in [5.74, 6) is 1.96. The van der Waals surface area contributed by atoms with Crippen LogP contribution < -0.4 is 9.47 Å². The van der Waals surface area contributed by atoms with Crippen molar-refractivity contribution in [3.8, 4) is 11.5 Å². The van der Waals surface area contributed by atoms with Crippen LogP contribution >= 0.6 is 0 Å². The van der Waals surface area contributed by atoms with Crippen LogP contribution in [-0.4, -0.2) is 18.7 Å². The highest BCUT2D eigenvalue weighted by molar-refractivity contribution is 5.50. The van der Waals surface area contributed by atoms with Crippen molar-refractivity contribution in [2.24, 2.45) is 0 Å². The van der Waals surface area contributed by atoms with E-state index in [1.807, 2.05) is 0 Å². The van der Waals surface area contributed by atoms with Gasteiger partial charge < -0.3 is 14.5 Å². The van der Waals surface area contributed by atoms with Crippen LogP contribution in [0.2, 0.25) is 0 Å². The molecule has 1 aromatic heterocycles. The third-order valence-corrected chi connectivity index (χ3v) is 3.34. The predicted octanol–water partition coefficient (Wildman–Crippen LogP) is 2.86. The Morgan fingerprint density at radius 1 is 1.33 bits per heavy atom. The molecule has 0 amide bonds. The van der Waals surface area contributed by atoms with E-state index in [1.165, 1.54) is 22.5 Å². The maximum atomic E-state index is 5.74. The Bertz CT molecular complexity index is 572. The van der Waals surface area contributed by atoms with Crippen molar-refractivity contribution >= 4 is 0 Å². The molecule has 0 spiro atoms. The standard InChI is InChI=1S/C15H17NO2/c1-10-3-4-13(16-10)7-12-9-14(17-2)8-11-5-6-18-15(11)12/h3-4,8-9,16H,5-7H2,1-2H3. The second kappa shape index (κ2) is 4.41. The van der Waals surface area contributed by atoms with Crippen LogP contribution in [0.5, 0.6) is 11.5 Å². The van der Waals surface area contributed by atoms with Gasteiger partial charge >= 0.3 is 0 Å². The molecule has 0 atom stereocenters. The van der Waals surface area contributed by atoms with Crippen LogP contribution in [0.25, 0.3) is 0 Å². The minimum atomic E-state index is 0.777. The zero-order valence-electron chi connectivity index (χ0n) is 10.7. The molecule has 1 aliphatic rings. The van der Waals surface area contributed by atoms with E-state index in [4.69, 9.17) is 9.47 Å². The Morgan fingerprint density at radius 2 is 2.22 bits per heavy atom. The van der Waals surface area contributed by atoms with Crippen LogP contribution in [0, 0.1) is 6.92 Å². The number of rotatable bonds is 3. The van der Waals surface area contributed by atoms with Gasteiger partial charge in [0.2, 0.25) is 0 Å². The van der Waals surface area contributed by atoms with Crippen molar-refractivity contribution < 1.29 is 9.47 Å². The third-order valence-electron chi connectivity index (χ3n) is 3.34. The van der Waals surface area contributed by atoms with Crippen molar-refractivity contribution in [2.75, 3.05) is 13.7 Å². The minimum absolute atomic E-state index is 0.777. The van der Waals surface area contributed by atoms with E-state index < -0.39 is 0 Å². The van der Waals surface area contributed by atoms with E-state index in [1.54, 1.807) is 7.11 Å². The quantitative estimate of drug-likeness (QED) is 0.899. The normalized spacial score (nSPS) is 13.2. The summed E-state index contributed by atoms with van der Waals surface area (Å²) in [6, 6.07) is 8.36. The molecule has 18 heavy (non-hydrogen) atoms. The highest BCUT2D eigenvalue weighted by Crippen LogP contribution is 2.34. The van der Waals surface area contributed by atoms with E-state index in [0.717, 1.165) is 30.9 Å². The number of aryl methyl sites for hydroxylation is 1. The summed E-state index contributed by atoms with van der Waals surface area (Å²) in [5.41, 5.74) is 4.85. The van der Waals surface area contributed by atoms with Crippen molar-refractivity contribution in [1.82, 2.24) is 4.98 Å². The summed E-state index contributed by atoms with van der Waals surface area (Å²) in [6.07, 6.45) is 1.83. The highest BCUT2D eigenvalue weighted by Gasteiger charge is 2.18. The van der Waals surface area contributed by atoms with E-state index in [2.05, 4.69) is 36.2 Å². The number of benzene rings is 1. The molecule has 0 saturated heterocycles. The molecule has 2 heterocycles. The fourth-order valence-electron chi connectivity index (χ4n) is 2.48. The van der Waals surface area contributed by atoms with Crippen LogP contribution in [0.1, 0.15) is 22.5 Å². The molecule has 3 rings (SSSR count). The molecule has 0 saturated carbocycles. The highest BCUT2D eigenvalue weighted by atomic mass is 16.5. The van der Waals surface area contributed by atoms with Crippen molar-refractivity contribution in [1.29, 1.82) is 0 Å². The molecule has 1 N–H and O–H groups in total. The van der Waals surface area contributed by atoms with Gasteiger partial charge in [-0.15, -0.1) is 0 Å². The molecule has 3 nitrogen and oxygen atoms in total. The van der Waals surface area contributed by atoms with Crippen LogP contribution in [0.4, 0.5) is 0 Å². The molecular formula is C15H17NO2.